The van der Waals surface area contributed by atoms with Crippen LogP contribution < -0.4 is 10.1 Å². The number of imidazole rings is 1. The molecular formula is C26H26F2N4O3. The van der Waals surface area contributed by atoms with Gasteiger partial charge in [0.1, 0.15) is 11.9 Å². The summed E-state index contributed by atoms with van der Waals surface area (Å²) in [6.45, 7) is 0.941. The van der Waals surface area contributed by atoms with E-state index in [0.717, 1.165) is 11.1 Å². The highest BCUT2D eigenvalue weighted by Gasteiger charge is 2.34. The van der Waals surface area contributed by atoms with Crippen LogP contribution in [0.3, 0.4) is 0 Å². The zero-order valence-corrected chi connectivity index (χ0v) is 19.3. The van der Waals surface area contributed by atoms with Crippen molar-refractivity contribution in [2.45, 2.75) is 44.6 Å². The molecule has 9 heteroatoms. The topological polar surface area (TPSA) is 91.9 Å². The Hall–Kier alpha value is -3.40. The molecular weight excluding hydrogens is 454 g/mol. The van der Waals surface area contributed by atoms with Gasteiger partial charge in [-0.15, -0.1) is 0 Å². The summed E-state index contributed by atoms with van der Waals surface area (Å²) in [5, 5.41) is 29.1. The number of rotatable bonds is 6. The van der Waals surface area contributed by atoms with E-state index in [-0.39, 0.29) is 12.3 Å². The molecule has 1 aliphatic rings. The first-order chi connectivity index (χ1) is 16.8. The van der Waals surface area contributed by atoms with Gasteiger partial charge in [0.05, 0.1) is 28.7 Å². The highest BCUT2D eigenvalue weighted by molar-refractivity contribution is 5.62. The average molecular weight is 481 g/mol. The van der Waals surface area contributed by atoms with E-state index in [1.807, 2.05) is 43.3 Å². The van der Waals surface area contributed by atoms with Crippen LogP contribution in [0.5, 0.6) is 5.75 Å². The zero-order valence-electron chi connectivity index (χ0n) is 19.3. The van der Waals surface area contributed by atoms with Gasteiger partial charge in [0, 0.05) is 17.7 Å². The van der Waals surface area contributed by atoms with Crippen LogP contribution in [0.4, 0.5) is 8.78 Å². The smallest absolute Gasteiger partial charge is 0.387 e. The van der Waals surface area contributed by atoms with E-state index >= 15 is 0 Å². The minimum Gasteiger partial charge on any atom is -0.434 e. The predicted molar refractivity (Wildman–Crippen MR) is 126 cm³/mol. The summed E-state index contributed by atoms with van der Waals surface area (Å²) in [5.74, 6) is 0.0482. The maximum absolute atomic E-state index is 13.1. The normalized spacial score (nSPS) is 19.5. The van der Waals surface area contributed by atoms with Crippen LogP contribution in [0.2, 0.25) is 0 Å². The molecule has 3 heterocycles. The third-order valence-corrected chi connectivity index (χ3v) is 6.58. The summed E-state index contributed by atoms with van der Waals surface area (Å²) in [7, 11) is 0. The van der Waals surface area contributed by atoms with E-state index in [2.05, 4.69) is 10.3 Å². The van der Waals surface area contributed by atoms with Gasteiger partial charge in [-0.1, -0.05) is 49.4 Å². The molecule has 0 spiro atoms. The van der Waals surface area contributed by atoms with Crippen molar-refractivity contribution in [3.8, 4) is 17.0 Å². The van der Waals surface area contributed by atoms with Crippen molar-refractivity contribution in [1.82, 2.24) is 19.9 Å². The predicted octanol–water partition coefficient (Wildman–Crippen LogP) is 4.34. The Morgan fingerprint density at radius 1 is 1.14 bits per heavy atom. The van der Waals surface area contributed by atoms with Gasteiger partial charge in [0.15, 0.2) is 5.65 Å². The van der Waals surface area contributed by atoms with Crippen LogP contribution in [-0.2, 0) is 5.60 Å². The van der Waals surface area contributed by atoms with Gasteiger partial charge in [-0.25, -0.2) is 9.50 Å². The monoisotopic (exact) mass is 480 g/mol. The lowest BCUT2D eigenvalue weighted by Gasteiger charge is -2.28. The average Bonchev–Trinajstić information content (AvgIpc) is 3.24. The largest absolute Gasteiger partial charge is 0.434 e. The van der Waals surface area contributed by atoms with Gasteiger partial charge < -0.3 is 20.3 Å². The number of halogens is 2. The molecule has 0 aliphatic carbocycles. The fraction of sp³-hybridized carbons (Fsp3) is 0.308. The van der Waals surface area contributed by atoms with E-state index in [1.54, 1.807) is 29.6 Å². The highest BCUT2D eigenvalue weighted by Crippen LogP contribution is 2.37. The maximum atomic E-state index is 13.1. The van der Waals surface area contributed by atoms with Crippen molar-refractivity contribution in [2.24, 2.45) is 0 Å². The van der Waals surface area contributed by atoms with Crippen LogP contribution in [-0.4, -0.2) is 38.0 Å². The second kappa shape index (κ2) is 8.99. The van der Waals surface area contributed by atoms with E-state index in [4.69, 9.17) is 9.84 Å². The van der Waals surface area contributed by atoms with Crippen molar-refractivity contribution in [3.05, 3.63) is 83.2 Å². The quantitative estimate of drug-likeness (QED) is 0.380. The van der Waals surface area contributed by atoms with Crippen LogP contribution >= 0.6 is 0 Å². The number of hydrogen-bond acceptors (Lipinski definition) is 6. The number of aliphatic hydroxyl groups excluding tert-OH is 1. The number of nitrogens with zero attached hydrogens (tertiary/aromatic N) is 3. The Morgan fingerprint density at radius 2 is 1.89 bits per heavy atom. The van der Waals surface area contributed by atoms with Gasteiger partial charge in [-0.05, 0) is 37.1 Å². The Balaban J connectivity index is 1.61. The molecule has 0 fully saturated rings. The molecule has 7 nitrogen and oxygen atoms in total. The fourth-order valence-electron chi connectivity index (χ4n) is 4.44. The Bertz CT molecular complexity index is 1350. The van der Waals surface area contributed by atoms with Crippen LogP contribution in [0.25, 0.3) is 16.9 Å². The van der Waals surface area contributed by atoms with E-state index in [9.17, 15) is 19.0 Å². The highest BCUT2D eigenvalue weighted by atomic mass is 19.3. The number of β-amino-alcohol motifs (C(OH)–C–C–N with tert-alkyl or cyclic N) is 1. The Morgan fingerprint density at radius 3 is 2.60 bits per heavy atom. The van der Waals surface area contributed by atoms with Gasteiger partial charge in [0.2, 0.25) is 0 Å². The molecule has 4 aromatic rings. The molecule has 0 radical (unpaired) electrons. The third-order valence-electron chi connectivity index (χ3n) is 6.58. The Kier molecular flexibility index (Phi) is 6.00. The van der Waals surface area contributed by atoms with Crippen LogP contribution in [0.1, 0.15) is 54.9 Å². The van der Waals surface area contributed by atoms with Crippen molar-refractivity contribution in [3.63, 3.8) is 0 Å². The molecule has 2 aromatic carbocycles. The first-order valence-corrected chi connectivity index (χ1v) is 11.5. The van der Waals surface area contributed by atoms with Crippen LogP contribution in [0, 0.1) is 0 Å². The minimum atomic E-state index is -2.96. The lowest BCUT2D eigenvalue weighted by molar-refractivity contribution is -0.0507. The number of aliphatic hydroxyl groups is 2. The molecule has 5 rings (SSSR count). The van der Waals surface area contributed by atoms with Crippen molar-refractivity contribution in [2.75, 3.05) is 6.54 Å². The standard InChI is InChI=1S/C26H26F2N4O3/c1-3-26(2,34)16-10-8-15(9-11-16)18-12-13-21-30-23-19(33)14-29-22(24(23)32(21)31-18)17-6-4-5-7-20(17)35-25(27)28/h4-13,19,22,25,29,33-34H,3,14H2,1-2H3/t19-,22+,26?/m0/s1. The number of hydrogen-bond donors (Lipinski definition) is 3. The summed E-state index contributed by atoms with van der Waals surface area (Å²) in [4.78, 5) is 4.58. The molecule has 0 saturated heterocycles. The van der Waals surface area contributed by atoms with E-state index in [1.165, 1.54) is 6.07 Å². The second-order valence-corrected chi connectivity index (χ2v) is 8.85. The molecule has 35 heavy (non-hydrogen) atoms. The first kappa shape index (κ1) is 23.3. The molecule has 0 saturated carbocycles. The zero-order chi connectivity index (χ0) is 24.7. The van der Waals surface area contributed by atoms with E-state index < -0.39 is 24.4 Å². The number of aromatic nitrogens is 3. The lowest BCUT2D eigenvalue weighted by Crippen LogP contribution is -2.35. The lowest BCUT2D eigenvalue weighted by atomic mass is 9.92. The number of para-hydroxylation sites is 1. The molecule has 0 bridgehead atoms. The molecule has 1 aliphatic heterocycles. The van der Waals surface area contributed by atoms with Crippen molar-refractivity contribution >= 4 is 5.65 Å². The van der Waals surface area contributed by atoms with Crippen LogP contribution in [0.15, 0.2) is 60.7 Å². The molecule has 2 aromatic heterocycles. The van der Waals surface area contributed by atoms with Crippen molar-refractivity contribution in [1.29, 1.82) is 0 Å². The maximum Gasteiger partial charge on any atom is 0.387 e. The molecule has 1 unspecified atom stereocenters. The van der Waals surface area contributed by atoms with Gasteiger partial charge in [-0.2, -0.15) is 13.9 Å². The number of ether oxygens (including phenoxy) is 1. The molecule has 182 valence electrons. The summed E-state index contributed by atoms with van der Waals surface area (Å²) in [6.07, 6.45) is -0.282. The summed E-state index contributed by atoms with van der Waals surface area (Å²) in [5.41, 5.74) is 3.44. The number of alkyl halides is 2. The minimum absolute atomic E-state index is 0.0482. The number of fused-ring (bicyclic) bond motifs is 3. The molecule has 3 atom stereocenters. The first-order valence-electron chi connectivity index (χ1n) is 11.5. The van der Waals surface area contributed by atoms with Gasteiger partial charge >= 0.3 is 6.61 Å². The third kappa shape index (κ3) is 4.27. The van der Waals surface area contributed by atoms with E-state index in [0.29, 0.717) is 34.7 Å². The van der Waals surface area contributed by atoms with Gasteiger partial charge in [-0.3, -0.25) is 0 Å². The SMILES string of the molecule is CCC(C)(O)c1ccc(-c2ccc3nc4c(n3n2)[C@@H](c2ccccc2OC(F)F)NC[C@@H]4O)cc1. The fourth-order valence-corrected chi connectivity index (χ4v) is 4.44. The Labute approximate surface area is 201 Å². The molecule has 0 amide bonds. The summed E-state index contributed by atoms with van der Waals surface area (Å²) in [6, 6.07) is 17.2. The summed E-state index contributed by atoms with van der Waals surface area (Å²) < 4.78 is 32.5. The molecule has 3 N–H and O–H groups in total. The second-order valence-electron chi connectivity index (χ2n) is 8.85. The number of nitrogens with one attached hydrogen (secondary N) is 1. The number of benzene rings is 2. The van der Waals surface area contributed by atoms with Crippen molar-refractivity contribution < 1.29 is 23.7 Å². The summed E-state index contributed by atoms with van der Waals surface area (Å²) >= 11 is 0. The van der Waals surface area contributed by atoms with Gasteiger partial charge in [0.25, 0.3) is 0 Å².